The molecule has 1 saturated heterocycles. The highest BCUT2D eigenvalue weighted by molar-refractivity contribution is 6.00. The fourth-order valence-electron chi connectivity index (χ4n) is 4.47. The van der Waals surface area contributed by atoms with Crippen LogP contribution in [0, 0.1) is 0 Å². The number of nitrogens with one attached hydrogen (secondary N) is 2. The minimum Gasteiger partial charge on any atom is -0.448 e. The first kappa shape index (κ1) is 20.4. The van der Waals surface area contributed by atoms with Crippen molar-refractivity contribution in [1.82, 2.24) is 5.32 Å². The number of hydrogen-bond donors (Lipinski definition) is 2. The smallest absolute Gasteiger partial charge is 0.251 e. The van der Waals surface area contributed by atoms with Gasteiger partial charge in [0.25, 0.3) is 11.7 Å². The third-order valence-electron chi connectivity index (χ3n) is 6.11. The molecular formula is C24H25N3O5. The highest BCUT2D eigenvalue weighted by Gasteiger charge is 2.44. The van der Waals surface area contributed by atoms with E-state index in [0.717, 1.165) is 37.8 Å². The standard InChI is InChI=1S/C24H25N3O5/c28-21(26-17-7-10-19-20(14-17)32-24(31-19)11-1-2-12-24)15-25-23(30)16-5-8-18(9-6-16)27-13-3-4-22(27)29/h5-10,14H,1-4,11-13,15H2,(H,25,30)(H,26,28). The average Bonchev–Trinajstić information content (AvgIpc) is 3.52. The van der Waals surface area contributed by atoms with Crippen molar-refractivity contribution in [2.75, 3.05) is 23.3 Å². The molecule has 0 bridgehead atoms. The Morgan fingerprint density at radius 2 is 1.72 bits per heavy atom. The molecule has 2 fully saturated rings. The van der Waals surface area contributed by atoms with Gasteiger partial charge in [-0.15, -0.1) is 0 Å². The van der Waals surface area contributed by atoms with Crippen LogP contribution in [0.15, 0.2) is 42.5 Å². The maximum Gasteiger partial charge on any atom is 0.251 e. The molecule has 2 aliphatic heterocycles. The summed E-state index contributed by atoms with van der Waals surface area (Å²) in [7, 11) is 0. The molecular weight excluding hydrogens is 410 g/mol. The van der Waals surface area contributed by atoms with Gasteiger partial charge in [-0.2, -0.15) is 0 Å². The fraction of sp³-hybridized carbons (Fsp3) is 0.375. The number of benzene rings is 2. The maximum absolute atomic E-state index is 12.4. The molecule has 0 atom stereocenters. The first-order valence-corrected chi connectivity index (χ1v) is 11.0. The van der Waals surface area contributed by atoms with E-state index in [0.29, 0.717) is 35.7 Å². The number of rotatable bonds is 5. The van der Waals surface area contributed by atoms with Gasteiger partial charge in [-0.3, -0.25) is 14.4 Å². The van der Waals surface area contributed by atoms with Gasteiger partial charge in [0.05, 0.1) is 6.54 Å². The predicted molar refractivity (Wildman–Crippen MR) is 118 cm³/mol. The van der Waals surface area contributed by atoms with Crippen LogP contribution in [0.3, 0.4) is 0 Å². The zero-order valence-electron chi connectivity index (χ0n) is 17.7. The lowest BCUT2D eigenvalue weighted by atomic mass is 10.2. The van der Waals surface area contributed by atoms with Gasteiger partial charge < -0.3 is 25.0 Å². The molecule has 32 heavy (non-hydrogen) atoms. The van der Waals surface area contributed by atoms with Crippen molar-refractivity contribution in [2.45, 2.75) is 44.3 Å². The van der Waals surface area contributed by atoms with Gasteiger partial charge in [-0.1, -0.05) is 0 Å². The van der Waals surface area contributed by atoms with Crippen molar-refractivity contribution in [3.05, 3.63) is 48.0 Å². The van der Waals surface area contributed by atoms with Gasteiger partial charge in [0.1, 0.15) is 0 Å². The second kappa shape index (κ2) is 8.18. The Bertz CT molecular complexity index is 1060. The normalized spacial score (nSPS) is 18.2. The van der Waals surface area contributed by atoms with E-state index in [1.54, 1.807) is 47.4 Å². The maximum atomic E-state index is 12.4. The zero-order chi connectivity index (χ0) is 22.1. The number of anilines is 2. The number of hydrogen-bond acceptors (Lipinski definition) is 5. The van der Waals surface area contributed by atoms with Crippen LogP contribution in [-0.2, 0) is 9.59 Å². The number of carbonyl (C=O) groups excluding carboxylic acids is 3. The summed E-state index contributed by atoms with van der Waals surface area (Å²) in [5, 5.41) is 5.40. The molecule has 2 aromatic carbocycles. The van der Waals surface area contributed by atoms with Crippen LogP contribution in [0.1, 0.15) is 48.9 Å². The van der Waals surface area contributed by atoms with Gasteiger partial charge >= 0.3 is 0 Å². The first-order chi connectivity index (χ1) is 15.5. The molecule has 0 radical (unpaired) electrons. The first-order valence-electron chi connectivity index (χ1n) is 11.0. The van der Waals surface area contributed by atoms with E-state index in [1.165, 1.54) is 0 Å². The molecule has 5 rings (SSSR count). The molecule has 3 amide bonds. The van der Waals surface area contributed by atoms with E-state index in [9.17, 15) is 14.4 Å². The van der Waals surface area contributed by atoms with Gasteiger partial charge in [0.15, 0.2) is 11.5 Å². The topological polar surface area (TPSA) is 97.0 Å². The monoisotopic (exact) mass is 435 g/mol. The lowest BCUT2D eigenvalue weighted by Crippen LogP contribution is -2.34. The number of amides is 3. The Kier molecular flexibility index (Phi) is 5.20. The summed E-state index contributed by atoms with van der Waals surface area (Å²) >= 11 is 0. The van der Waals surface area contributed by atoms with Crippen molar-refractivity contribution in [3.63, 3.8) is 0 Å². The summed E-state index contributed by atoms with van der Waals surface area (Å²) in [5.74, 6) is 0.181. The number of nitrogens with zero attached hydrogens (tertiary/aromatic N) is 1. The molecule has 2 aromatic rings. The largest absolute Gasteiger partial charge is 0.448 e. The minimum absolute atomic E-state index is 0.0980. The SMILES string of the molecule is O=C(CNC(=O)c1ccc(N2CCCC2=O)cc1)Nc1ccc2c(c1)OC1(CCCC1)O2. The second-order valence-corrected chi connectivity index (χ2v) is 8.41. The van der Waals surface area contributed by atoms with Gasteiger partial charge in [-0.25, -0.2) is 0 Å². The van der Waals surface area contributed by atoms with Crippen LogP contribution >= 0.6 is 0 Å². The molecule has 8 heteroatoms. The van der Waals surface area contributed by atoms with Crippen LogP contribution in [0.5, 0.6) is 11.5 Å². The van der Waals surface area contributed by atoms with Crippen molar-refractivity contribution >= 4 is 29.1 Å². The van der Waals surface area contributed by atoms with E-state index in [-0.39, 0.29) is 24.3 Å². The Labute approximate surface area is 185 Å². The van der Waals surface area contributed by atoms with Gasteiger partial charge in [0, 0.05) is 48.8 Å². The van der Waals surface area contributed by atoms with Crippen molar-refractivity contribution in [3.8, 4) is 11.5 Å². The van der Waals surface area contributed by atoms with Gasteiger partial charge in [0.2, 0.25) is 11.8 Å². The van der Waals surface area contributed by atoms with Gasteiger partial charge in [-0.05, 0) is 55.7 Å². The summed E-state index contributed by atoms with van der Waals surface area (Å²) in [4.78, 5) is 38.3. The quantitative estimate of drug-likeness (QED) is 0.752. The molecule has 0 unspecified atom stereocenters. The van der Waals surface area contributed by atoms with Crippen LogP contribution in [0.2, 0.25) is 0 Å². The van der Waals surface area contributed by atoms with Crippen LogP contribution in [0.25, 0.3) is 0 Å². The van der Waals surface area contributed by atoms with E-state index < -0.39 is 5.79 Å². The summed E-state index contributed by atoms with van der Waals surface area (Å²) in [5.41, 5.74) is 1.79. The Morgan fingerprint density at radius 3 is 2.44 bits per heavy atom. The van der Waals surface area contributed by atoms with Crippen molar-refractivity contribution < 1.29 is 23.9 Å². The zero-order valence-corrected chi connectivity index (χ0v) is 17.7. The highest BCUT2D eigenvalue weighted by atomic mass is 16.7. The molecule has 2 N–H and O–H groups in total. The van der Waals surface area contributed by atoms with Crippen LogP contribution in [0.4, 0.5) is 11.4 Å². The highest BCUT2D eigenvalue weighted by Crippen LogP contribution is 2.47. The number of fused-ring (bicyclic) bond motifs is 1. The van der Waals surface area contributed by atoms with Crippen molar-refractivity contribution in [1.29, 1.82) is 0 Å². The van der Waals surface area contributed by atoms with Crippen LogP contribution in [-0.4, -0.2) is 36.6 Å². The molecule has 1 spiro atoms. The summed E-state index contributed by atoms with van der Waals surface area (Å²) in [6.45, 7) is 0.537. The van der Waals surface area contributed by atoms with Crippen LogP contribution < -0.4 is 25.0 Å². The average molecular weight is 435 g/mol. The number of ether oxygens (including phenoxy) is 2. The molecule has 0 aromatic heterocycles. The molecule has 166 valence electrons. The molecule has 2 heterocycles. The van der Waals surface area contributed by atoms with E-state index in [1.807, 2.05) is 0 Å². The second-order valence-electron chi connectivity index (χ2n) is 8.41. The lowest BCUT2D eigenvalue weighted by molar-refractivity contribution is -0.117. The van der Waals surface area contributed by atoms with E-state index in [2.05, 4.69) is 10.6 Å². The van der Waals surface area contributed by atoms with E-state index >= 15 is 0 Å². The summed E-state index contributed by atoms with van der Waals surface area (Å²) in [6, 6.07) is 12.1. The third kappa shape index (κ3) is 4.00. The minimum atomic E-state index is -0.545. The Hall–Kier alpha value is -3.55. The predicted octanol–water partition coefficient (Wildman–Crippen LogP) is 3.22. The fourth-order valence-corrected chi connectivity index (χ4v) is 4.47. The molecule has 1 saturated carbocycles. The summed E-state index contributed by atoms with van der Waals surface area (Å²) < 4.78 is 12.0. The number of carbonyl (C=O) groups is 3. The van der Waals surface area contributed by atoms with E-state index in [4.69, 9.17) is 9.47 Å². The summed E-state index contributed by atoms with van der Waals surface area (Å²) in [6.07, 6.45) is 5.30. The van der Waals surface area contributed by atoms with Crippen molar-refractivity contribution in [2.24, 2.45) is 0 Å². The lowest BCUT2D eigenvalue weighted by Gasteiger charge is -2.21. The molecule has 3 aliphatic rings. The molecule has 1 aliphatic carbocycles. The Balaban J connectivity index is 1.14. The third-order valence-corrected chi connectivity index (χ3v) is 6.11. The Morgan fingerprint density at radius 1 is 0.969 bits per heavy atom. The molecule has 8 nitrogen and oxygen atoms in total.